The molecule has 4 nitrogen and oxygen atoms in total. The molecule has 0 saturated carbocycles. The summed E-state index contributed by atoms with van der Waals surface area (Å²) in [5, 5.41) is 2.37. The van der Waals surface area contributed by atoms with Crippen LogP contribution in [0.2, 0.25) is 18.1 Å². The van der Waals surface area contributed by atoms with Gasteiger partial charge in [0.15, 0.2) is 8.32 Å². The Morgan fingerprint density at radius 3 is 2.15 bits per heavy atom. The van der Waals surface area contributed by atoms with Gasteiger partial charge in [-0.05, 0) is 60.3 Å². The van der Waals surface area contributed by atoms with Crippen LogP contribution in [0.15, 0.2) is 42.5 Å². The van der Waals surface area contributed by atoms with Gasteiger partial charge in [0.2, 0.25) is 0 Å². The summed E-state index contributed by atoms with van der Waals surface area (Å²) in [6.07, 6.45) is 17.6. The maximum Gasteiger partial charge on any atom is 0.338 e. The highest BCUT2D eigenvalue weighted by atomic mass is 28.4. The number of unbranched alkanes of at least 4 members (excludes halogenated alkanes) is 9. The van der Waals surface area contributed by atoms with Gasteiger partial charge >= 0.3 is 5.97 Å². The number of carbonyl (C=O) groups excluding carboxylic acids is 1. The zero-order valence-corrected chi connectivity index (χ0v) is 28.0. The molecule has 5 heteroatoms. The number of rotatable bonds is 17. The van der Waals surface area contributed by atoms with Crippen molar-refractivity contribution in [3.05, 3.63) is 48.0 Å². The molecule has 3 rings (SSSR count). The summed E-state index contributed by atoms with van der Waals surface area (Å²) in [5.41, 5.74) is 0.606. The Hall–Kier alpha value is -1.69. The van der Waals surface area contributed by atoms with Crippen LogP contribution in [-0.4, -0.2) is 39.2 Å². The van der Waals surface area contributed by atoms with E-state index in [4.69, 9.17) is 13.9 Å². The lowest BCUT2D eigenvalue weighted by molar-refractivity contribution is -0.120. The average Bonchev–Trinajstić information content (AvgIpc) is 2.94. The molecule has 1 heterocycles. The molecule has 2 aromatic carbocycles. The Bertz CT molecular complexity index is 1040. The van der Waals surface area contributed by atoms with Gasteiger partial charge in [0.1, 0.15) is 0 Å². The second-order valence-electron chi connectivity index (χ2n) is 13.7. The van der Waals surface area contributed by atoms with Gasteiger partial charge in [0.25, 0.3) is 0 Å². The van der Waals surface area contributed by atoms with Gasteiger partial charge in [-0.15, -0.1) is 0 Å². The summed E-state index contributed by atoms with van der Waals surface area (Å²) in [6, 6.07) is 13.8. The van der Waals surface area contributed by atoms with Crippen LogP contribution < -0.4 is 0 Å². The zero-order chi connectivity index (χ0) is 29.7. The van der Waals surface area contributed by atoms with Crippen molar-refractivity contribution >= 4 is 25.1 Å². The predicted octanol–water partition coefficient (Wildman–Crippen LogP) is 10.6. The molecular formula is C36H58O4Si. The standard InChI is InChI=1S/C36H58O4Si/c1-7-8-9-10-11-12-13-14-15-16-21-33-34(40-41(5,6)36(2,3)4)25-24-32(39-33)26-27-38-35(37)31-23-22-29-19-17-18-20-30(29)28-31/h17-20,22-23,28,32-34H,7-16,21,24-27H2,1-6H3/t32-,33?,34?/m1/s1. The van der Waals surface area contributed by atoms with Crippen LogP contribution in [0.5, 0.6) is 0 Å². The quantitative estimate of drug-likeness (QED) is 0.106. The molecule has 0 radical (unpaired) electrons. The summed E-state index contributed by atoms with van der Waals surface area (Å²) in [6.45, 7) is 14.3. The van der Waals surface area contributed by atoms with Gasteiger partial charge in [0.05, 0.1) is 30.5 Å². The fourth-order valence-corrected chi connectivity index (χ4v) is 6.99. The number of fused-ring (bicyclic) bond motifs is 1. The van der Waals surface area contributed by atoms with Crippen molar-refractivity contribution in [3.63, 3.8) is 0 Å². The van der Waals surface area contributed by atoms with Gasteiger partial charge in [-0.3, -0.25) is 0 Å². The van der Waals surface area contributed by atoms with Gasteiger partial charge in [-0.25, -0.2) is 4.79 Å². The van der Waals surface area contributed by atoms with Crippen molar-refractivity contribution in [2.75, 3.05) is 6.61 Å². The molecule has 1 aliphatic heterocycles. The fourth-order valence-electron chi connectivity index (χ4n) is 5.61. The minimum atomic E-state index is -1.88. The first kappa shape index (κ1) is 33.8. The van der Waals surface area contributed by atoms with E-state index in [2.05, 4.69) is 46.9 Å². The molecule has 1 saturated heterocycles. The van der Waals surface area contributed by atoms with Crippen LogP contribution in [0.3, 0.4) is 0 Å². The Kier molecular flexibility index (Phi) is 13.9. The third-order valence-electron chi connectivity index (χ3n) is 9.31. The van der Waals surface area contributed by atoms with E-state index in [-0.39, 0.29) is 29.3 Å². The predicted molar refractivity (Wildman–Crippen MR) is 175 cm³/mol. The van der Waals surface area contributed by atoms with Crippen molar-refractivity contribution in [3.8, 4) is 0 Å². The summed E-state index contributed by atoms with van der Waals surface area (Å²) >= 11 is 0. The maximum absolute atomic E-state index is 12.7. The minimum Gasteiger partial charge on any atom is -0.462 e. The van der Waals surface area contributed by atoms with Gasteiger partial charge < -0.3 is 13.9 Å². The van der Waals surface area contributed by atoms with Crippen molar-refractivity contribution in [2.45, 2.75) is 154 Å². The number of benzene rings is 2. The first-order valence-electron chi connectivity index (χ1n) is 16.6. The van der Waals surface area contributed by atoms with Gasteiger partial charge in [-0.2, -0.15) is 0 Å². The summed E-state index contributed by atoms with van der Waals surface area (Å²) in [7, 11) is -1.88. The normalized spacial score (nSPS) is 19.9. The second-order valence-corrected chi connectivity index (χ2v) is 18.5. The molecule has 0 bridgehead atoms. The molecule has 0 N–H and O–H groups in total. The third-order valence-corrected chi connectivity index (χ3v) is 13.8. The second kappa shape index (κ2) is 16.8. The number of esters is 1. The minimum absolute atomic E-state index is 0.117. The number of carbonyl (C=O) groups is 1. The van der Waals surface area contributed by atoms with Crippen LogP contribution in [0.4, 0.5) is 0 Å². The largest absolute Gasteiger partial charge is 0.462 e. The first-order valence-corrected chi connectivity index (χ1v) is 19.5. The maximum atomic E-state index is 12.7. The van der Waals surface area contributed by atoms with E-state index < -0.39 is 8.32 Å². The Morgan fingerprint density at radius 1 is 0.854 bits per heavy atom. The molecule has 41 heavy (non-hydrogen) atoms. The monoisotopic (exact) mass is 582 g/mol. The van der Waals surface area contributed by atoms with Crippen molar-refractivity contribution in [1.29, 1.82) is 0 Å². The first-order chi connectivity index (χ1) is 19.6. The molecule has 0 aromatic heterocycles. The molecule has 3 atom stereocenters. The summed E-state index contributed by atoms with van der Waals surface area (Å²) in [5.74, 6) is -0.257. The molecule has 2 aromatic rings. The highest BCUT2D eigenvalue weighted by Gasteiger charge is 2.42. The Morgan fingerprint density at radius 2 is 1.49 bits per heavy atom. The van der Waals surface area contributed by atoms with Crippen LogP contribution in [0, 0.1) is 0 Å². The van der Waals surface area contributed by atoms with E-state index in [0.717, 1.165) is 36.5 Å². The molecule has 230 valence electrons. The van der Waals surface area contributed by atoms with E-state index in [1.165, 1.54) is 64.2 Å². The van der Waals surface area contributed by atoms with Crippen molar-refractivity contribution in [1.82, 2.24) is 0 Å². The van der Waals surface area contributed by atoms with E-state index in [0.29, 0.717) is 12.2 Å². The molecule has 0 aliphatic carbocycles. The van der Waals surface area contributed by atoms with Crippen LogP contribution in [0.1, 0.15) is 128 Å². The van der Waals surface area contributed by atoms with E-state index >= 15 is 0 Å². The SMILES string of the molecule is CCCCCCCCCCCCC1O[C@@H](CCOC(=O)c2ccc3ccccc3c2)CCC1O[Si](C)(C)C(C)(C)C. The highest BCUT2D eigenvalue weighted by Crippen LogP contribution is 2.40. The topological polar surface area (TPSA) is 44.8 Å². The number of ether oxygens (including phenoxy) is 2. The highest BCUT2D eigenvalue weighted by molar-refractivity contribution is 6.74. The molecule has 2 unspecified atom stereocenters. The lowest BCUT2D eigenvalue weighted by Crippen LogP contribution is -2.50. The Balaban J connectivity index is 1.46. The van der Waals surface area contributed by atoms with E-state index in [1.807, 2.05) is 36.4 Å². The molecule has 1 aliphatic rings. The average molecular weight is 583 g/mol. The smallest absolute Gasteiger partial charge is 0.338 e. The zero-order valence-electron chi connectivity index (χ0n) is 27.0. The van der Waals surface area contributed by atoms with Gasteiger partial charge in [0, 0.05) is 6.42 Å². The number of hydrogen-bond acceptors (Lipinski definition) is 4. The van der Waals surface area contributed by atoms with Crippen LogP contribution in [0.25, 0.3) is 10.8 Å². The molecule has 0 spiro atoms. The summed E-state index contributed by atoms with van der Waals surface area (Å²) < 4.78 is 19.3. The number of hydrogen-bond donors (Lipinski definition) is 0. The van der Waals surface area contributed by atoms with E-state index in [9.17, 15) is 4.79 Å². The van der Waals surface area contributed by atoms with Crippen molar-refractivity contribution < 1.29 is 18.7 Å². The molecule has 1 fully saturated rings. The fraction of sp³-hybridized carbons (Fsp3) is 0.694. The van der Waals surface area contributed by atoms with Crippen molar-refractivity contribution in [2.24, 2.45) is 0 Å². The van der Waals surface area contributed by atoms with Crippen LogP contribution >= 0.6 is 0 Å². The molecular weight excluding hydrogens is 524 g/mol. The lowest BCUT2D eigenvalue weighted by atomic mass is 9.95. The van der Waals surface area contributed by atoms with Gasteiger partial charge in [-0.1, -0.05) is 122 Å². The van der Waals surface area contributed by atoms with Crippen LogP contribution in [-0.2, 0) is 13.9 Å². The third kappa shape index (κ3) is 11.1. The molecule has 0 amide bonds. The Labute approximate surface area is 252 Å². The van der Waals surface area contributed by atoms with E-state index in [1.54, 1.807) is 0 Å². The summed E-state index contributed by atoms with van der Waals surface area (Å²) in [4.78, 5) is 12.7. The lowest BCUT2D eigenvalue weighted by Gasteiger charge is -2.44.